The molecular formula is C14H21BrN2O3. The Morgan fingerprint density at radius 3 is 2.95 bits per heavy atom. The van der Waals surface area contributed by atoms with E-state index >= 15 is 0 Å². The SMILES string of the molecule is CC(O)CCN(C)C(=O)NCCOc1cccc(Br)c1. The fraction of sp³-hybridized carbons (Fsp3) is 0.500. The Bertz CT molecular complexity index is 427. The molecular weight excluding hydrogens is 324 g/mol. The van der Waals surface area contributed by atoms with Crippen molar-refractivity contribution in [2.45, 2.75) is 19.4 Å². The highest BCUT2D eigenvalue weighted by atomic mass is 79.9. The molecule has 1 unspecified atom stereocenters. The number of carbonyl (C=O) groups is 1. The predicted octanol–water partition coefficient (Wildman–Crippen LogP) is 2.24. The third-order valence-electron chi connectivity index (χ3n) is 2.67. The molecule has 1 rings (SSSR count). The smallest absolute Gasteiger partial charge is 0.317 e. The number of hydrogen-bond donors (Lipinski definition) is 2. The molecule has 0 saturated carbocycles. The van der Waals surface area contributed by atoms with Crippen LogP contribution in [0, 0.1) is 0 Å². The van der Waals surface area contributed by atoms with Crippen LogP contribution in [0.5, 0.6) is 5.75 Å². The zero-order chi connectivity index (χ0) is 15.0. The Morgan fingerprint density at radius 1 is 1.55 bits per heavy atom. The highest BCUT2D eigenvalue weighted by Crippen LogP contribution is 2.17. The first-order chi connectivity index (χ1) is 9.49. The van der Waals surface area contributed by atoms with Crippen molar-refractivity contribution in [3.05, 3.63) is 28.7 Å². The maximum Gasteiger partial charge on any atom is 0.317 e. The number of urea groups is 1. The zero-order valence-electron chi connectivity index (χ0n) is 11.8. The minimum Gasteiger partial charge on any atom is -0.492 e. The van der Waals surface area contributed by atoms with Crippen LogP contribution in [0.15, 0.2) is 28.7 Å². The first-order valence-corrected chi connectivity index (χ1v) is 7.33. The summed E-state index contributed by atoms with van der Waals surface area (Å²) in [5.41, 5.74) is 0. The van der Waals surface area contributed by atoms with E-state index in [1.54, 1.807) is 18.9 Å². The van der Waals surface area contributed by atoms with Gasteiger partial charge in [0.05, 0.1) is 12.6 Å². The fourth-order valence-corrected chi connectivity index (χ4v) is 1.88. The summed E-state index contributed by atoms with van der Waals surface area (Å²) in [4.78, 5) is 13.2. The Morgan fingerprint density at radius 2 is 2.30 bits per heavy atom. The fourth-order valence-electron chi connectivity index (χ4n) is 1.50. The number of rotatable bonds is 7. The summed E-state index contributed by atoms with van der Waals surface area (Å²) in [6.45, 7) is 3.07. The third-order valence-corrected chi connectivity index (χ3v) is 3.17. The molecule has 1 aromatic carbocycles. The normalized spacial score (nSPS) is 11.8. The predicted molar refractivity (Wildman–Crippen MR) is 82.0 cm³/mol. The Labute approximate surface area is 128 Å². The molecule has 6 heteroatoms. The molecule has 2 N–H and O–H groups in total. The van der Waals surface area contributed by atoms with Crippen molar-refractivity contribution in [3.8, 4) is 5.75 Å². The summed E-state index contributed by atoms with van der Waals surface area (Å²) < 4.78 is 6.47. The summed E-state index contributed by atoms with van der Waals surface area (Å²) in [5.74, 6) is 0.760. The second-order valence-corrected chi connectivity index (χ2v) is 5.51. The number of aliphatic hydroxyl groups excluding tert-OH is 1. The van der Waals surface area contributed by atoms with Gasteiger partial charge in [0.1, 0.15) is 12.4 Å². The molecule has 0 spiro atoms. The van der Waals surface area contributed by atoms with Crippen molar-refractivity contribution in [3.63, 3.8) is 0 Å². The number of benzene rings is 1. The molecule has 0 bridgehead atoms. The van der Waals surface area contributed by atoms with Crippen LogP contribution in [-0.2, 0) is 0 Å². The number of ether oxygens (including phenoxy) is 1. The molecule has 20 heavy (non-hydrogen) atoms. The maximum absolute atomic E-state index is 11.7. The van der Waals surface area contributed by atoms with Gasteiger partial charge in [-0.2, -0.15) is 0 Å². The van der Waals surface area contributed by atoms with Crippen LogP contribution < -0.4 is 10.1 Å². The molecule has 0 aromatic heterocycles. The van der Waals surface area contributed by atoms with Gasteiger partial charge in [-0.25, -0.2) is 4.79 Å². The van der Waals surface area contributed by atoms with Gasteiger partial charge in [0.15, 0.2) is 0 Å². The molecule has 2 amide bonds. The van der Waals surface area contributed by atoms with Gasteiger partial charge in [-0.05, 0) is 31.5 Å². The highest BCUT2D eigenvalue weighted by molar-refractivity contribution is 9.10. The lowest BCUT2D eigenvalue weighted by atomic mass is 10.3. The van der Waals surface area contributed by atoms with Crippen LogP contribution in [0.2, 0.25) is 0 Å². The molecule has 5 nitrogen and oxygen atoms in total. The van der Waals surface area contributed by atoms with Gasteiger partial charge in [0, 0.05) is 18.1 Å². The Balaban J connectivity index is 2.18. The van der Waals surface area contributed by atoms with Gasteiger partial charge in [0.2, 0.25) is 0 Å². The lowest BCUT2D eigenvalue weighted by Crippen LogP contribution is -2.40. The molecule has 0 heterocycles. The van der Waals surface area contributed by atoms with E-state index < -0.39 is 6.10 Å². The monoisotopic (exact) mass is 344 g/mol. The second kappa shape index (κ2) is 8.81. The summed E-state index contributed by atoms with van der Waals surface area (Å²) in [6, 6.07) is 7.38. The van der Waals surface area contributed by atoms with Crippen molar-refractivity contribution in [1.29, 1.82) is 0 Å². The lowest BCUT2D eigenvalue weighted by molar-refractivity contribution is 0.162. The van der Waals surface area contributed by atoms with Gasteiger partial charge in [-0.3, -0.25) is 0 Å². The first kappa shape index (κ1) is 16.8. The number of amides is 2. The van der Waals surface area contributed by atoms with Crippen molar-refractivity contribution in [2.24, 2.45) is 0 Å². The van der Waals surface area contributed by atoms with Gasteiger partial charge < -0.3 is 20.1 Å². The van der Waals surface area contributed by atoms with Crippen LogP contribution in [0.4, 0.5) is 4.79 Å². The van der Waals surface area contributed by atoms with Gasteiger partial charge in [-0.1, -0.05) is 22.0 Å². The summed E-state index contributed by atoms with van der Waals surface area (Å²) >= 11 is 3.37. The number of carbonyl (C=O) groups excluding carboxylic acids is 1. The van der Waals surface area contributed by atoms with E-state index in [1.807, 2.05) is 24.3 Å². The minimum atomic E-state index is -0.398. The Kier molecular flexibility index (Phi) is 7.40. The Hall–Kier alpha value is -1.27. The maximum atomic E-state index is 11.7. The van der Waals surface area contributed by atoms with Crippen molar-refractivity contribution in [2.75, 3.05) is 26.7 Å². The van der Waals surface area contributed by atoms with E-state index in [-0.39, 0.29) is 6.03 Å². The van der Waals surface area contributed by atoms with E-state index in [1.165, 1.54) is 0 Å². The average molecular weight is 345 g/mol. The van der Waals surface area contributed by atoms with Gasteiger partial charge >= 0.3 is 6.03 Å². The molecule has 0 aliphatic heterocycles. The third kappa shape index (κ3) is 6.77. The number of halogens is 1. The van der Waals surface area contributed by atoms with Crippen LogP contribution in [-0.4, -0.2) is 48.9 Å². The molecule has 0 radical (unpaired) electrons. The van der Waals surface area contributed by atoms with Crippen LogP contribution in [0.25, 0.3) is 0 Å². The standard InChI is InChI=1S/C14H21BrN2O3/c1-11(18)6-8-17(2)14(19)16-7-9-20-13-5-3-4-12(15)10-13/h3-5,10-11,18H,6-9H2,1-2H3,(H,16,19). The first-order valence-electron chi connectivity index (χ1n) is 6.54. The second-order valence-electron chi connectivity index (χ2n) is 4.60. The number of hydrogen-bond acceptors (Lipinski definition) is 3. The van der Waals surface area contributed by atoms with Gasteiger partial charge in [-0.15, -0.1) is 0 Å². The van der Waals surface area contributed by atoms with Crippen LogP contribution >= 0.6 is 15.9 Å². The van der Waals surface area contributed by atoms with Gasteiger partial charge in [0.25, 0.3) is 0 Å². The molecule has 0 saturated heterocycles. The van der Waals surface area contributed by atoms with Crippen molar-refractivity contribution >= 4 is 22.0 Å². The minimum absolute atomic E-state index is 0.163. The molecule has 1 atom stereocenters. The van der Waals surface area contributed by atoms with Crippen molar-refractivity contribution < 1.29 is 14.6 Å². The van der Waals surface area contributed by atoms with E-state index in [0.717, 1.165) is 10.2 Å². The topological polar surface area (TPSA) is 61.8 Å². The number of aliphatic hydroxyl groups is 1. The largest absolute Gasteiger partial charge is 0.492 e. The van der Waals surface area contributed by atoms with Crippen LogP contribution in [0.3, 0.4) is 0 Å². The van der Waals surface area contributed by atoms with Crippen molar-refractivity contribution in [1.82, 2.24) is 10.2 Å². The average Bonchev–Trinajstić information content (AvgIpc) is 2.40. The highest BCUT2D eigenvalue weighted by Gasteiger charge is 2.08. The van der Waals surface area contributed by atoms with Crippen LogP contribution in [0.1, 0.15) is 13.3 Å². The van der Waals surface area contributed by atoms with E-state index in [2.05, 4.69) is 21.2 Å². The molecule has 0 aliphatic rings. The lowest BCUT2D eigenvalue weighted by Gasteiger charge is -2.18. The zero-order valence-corrected chi connectivity index (χ0v) is 13.4. The quantitative estimate of drug-likeness (QED) is 0.745. The van der Waals surface area contributed by atoms with E-state index in [0.29, 0.717) is 26.1 Å². The molecule has 0 aliphatic carbocycles. The molecule has 0 fully saturated rings. The molecule has 112 valence electrons. The molecule has 1 aromatic rings. The summed E-state index contributed by atoms with van der Waals surface area (Å²) in [5, 5.41) is 11.9. The van der Waals surface area contributed by atoms with E-state index in [4.69, 9.17) is 9.84 Å². The van der Waals surface area contributed by atoms with E-state index in [9.17, 15) is 4.79 Å². The summed E-state index contributed by atoms with van der Waals surface area (Å²) in [7, 11) is 1.70. The number of nitrogens with zero attached hydrogens (tertiary/aromatic N) is 1. The summed E-state index contributed by atoms with van der Waals surface area (Å²) in [6.07, 6.45) is 0.170. The number of nitrogens with one attached hydrogen (secondary N) is 1.